The van der Waals surface area contributed by atoms with Gasteiger partial charge in [-0.3, -0.25) is 9.69 Å². The Morgan fingerprint density at radius 2 is 1.89 bits per heavy atom. The first-order chi connectivity index (χ1) is 9.31. The van der Waals surface area contributed by atoms with Crippen LogP contribution in [0.15, 0.2) is 17.5 Å². The summed E-state index contributed by atoms with van der Waals surface area (Å²) in [4.78, 5) is 16.7. The summed E-state index contributed by atoms with van der Waals surface area (Å²) in [6.07, 6.45) is 9.18. The number of nitrogens with zero attached hydrogens (tertiary/aromatic N) is 1. The van der Waals surface area contributed by atoms with Crippen LogP contribution in [0.5, 0.6) is 0 Å². The van der Waals surface area contributed by atoms with Crippen molar-refractivity contribution in [2.75, 3.05) is 13.1 Å². The molecule has 1 aliphatic carbocycles. The van der Waals surface area contributed by atoms with Crippen LogP contribution >= 0.6 is 11.3 Å². The number of piperidine rings is 1. The van der Waals surface area contributed by atoms with Crippen molar-refractivity contribution in [1.82, 2.24) is 4.90 Å². The lowest BCUT2D eigenvalue weighted by atomic mass is 9.86. The number of likely N-dealkylation sites (tertiary alicyclic amines) is 1. The maximum atomic E-state index is 12.9. The van der Waals surface area contributed by atoms with Crippen LogP contribution in [0.4, 0.5) is 0 Å². The standard InChI is InChI=1S/C16H23NOS/c18-15(13-14-7-6-12-19-14)16(8-2-3-9-16)17-10-4-1-5-11-17/h6-7,12H,1-5,8-11,13H2. The third-order valence-electron chi connectivity index (χ3n) is 4.83. The molecule has 1 saturated carbocycles. The lowest BCUT2D eigenvalue weighted by molar-refractivity contribution is -0.131. The van der Waals surface area contributed by atoms with Gasteiger partial charge in [-0.15, -0.1) is 11.3 Å². The normalized spacial score (nSPS) is 23.6. The van der Waals surface area contributed by atoms with Crippen LogP contribution in [-0.4, -0.2) is 29.3 Å². The molecule has 3 heteroatoms. The molecule has 1 aromatic rings. The van der Waals surface area contributed by atoms with Crippen LogP contribution in [0.2, 0.25) is 0 Å². The van der Waals surface area contributed by atoms with E-state index in [1.807, 2.05) is 0 Å². The average Bonchev–Trinajstić information content (AvgIpc) is 3.11. The summed E-state index contributed by atoms with van der Waals surface area (Å²) in [5.74, 6) is 0.481. The van der Waals surface area contributed by atoms with Crippen molar-refractivity contribution in [1.29, 1.82) is 0 Å². The zero-order chi connectivity index (χ0) is 13.1. The lowest BCUT2D eigenvalue weighted by Gasteiger charge is -2.42. The zero-order valence-electron chi connectivity index (χ0n) is 11.6. The van der Waals surface area contributed by atoms with Crippen LogP contribution in [-0.2, 0) is 11.2 Å². The van der Waals surface area contributed by atoms with Crippen LogP contribution in [0, 0.1) is 0 Å². The second-order valence-electron chi connectivity index (χ2n) is 5.97. The number of hydrogen-bond donors (Lipinski definition) is 0. The van der Waals surface area contributed by atoms with E-state index >= 15 is 0 Å². The Labute approximate surface area is 119 Å². The van der Waals surface area contributed by atoms with Gasteiger partial charge in [0.25, 0.3) is 0 Å². The summed E-state index contributed by atoms with van der Waals surface area (Å²) in [5, 5.41) is 2.07. The molecular weight excluding hydrogens is 254 g/mol. The van der Waals surface area contributed by atoms with Crippen LogP contribution < -0.4 is 0 Å². The van der Waals surface area contributed by atoms with Gasteiger partial charge in [-0.25, -0.2) is 0 Å². The Hall–Kier alpha value is -0.670. The molecule has 0 spiro atoms. The van der Waals surface area contributed by atoms with Crippen molar-refractivity contribution in [2.24, 2.45) is 0 Å². The molecule has 0 unspecified atom stereocenters. The number of rotatable bonds is 4. The van der Waals surface area contributed by atoms with E-state index in [1.54, 1.807) is 11.3 Å². The molecule has 3 rings (SSSR count). The smallest absolute Gasteiger partial charge is 0.158 e. The first-order valence-electron chi connectivity index (χ1n) is 7.62. The Morgan fingerprint density at radius 3 is 2.53 bits per heavy atom. The van der Waals surface area contributed by atoms with Gasteiger partial charge >= 0.3 is 0 Å². The number of carbonyl (C=O) groups excluding carboxylic acids is 1. The first kappa shape index (κ1) is 13.3. The number of carbonyl (C=O) groups is 1. The number of Topliss-reactive ketones (excluding diaryl/α,β-unsaturated/α-hetero) is 1. The molecule has 0 radical (unpaired) electrons. The fourth-order valence-corrected chi connectivity index (χ4v) is 4.49. The highest BCUT2D eigenvalue weighted by molar-refractivity contribution is 7.10. The molecule has 0 atom stereocenters. The van der Waals surface area contributed by atoms with Gasteiger partial charge in [0.1, 0.15) is 0 Å². The first-order valence-corrected chi connectivity index (χ1v) is 8.50. The minimum atomic E-state index is -0.107. The maximum Gasteiger partial charge on any atom is 0.158 e. The predicted molar refractivity (Wildman–Crippen MR) is 79.7 cm³/mol. The number of hydrogen-bond acceptors (Lipinski definition) is 3. The number of ketones is 1. The molecule has 2 aliphatic rings. The highest BCUT2D eigenvalue weighted by Crippen LogP contribution is 2.38. The van der Waals surface area contributed by atoms with E-state index in [1.165, 1.54) is 37.0 Å². The molecule has 0 aromatic carbocycles. The fourth-order valence-electron chi connectivity index (χ4n) is 3.79. The van der Waals surface area contributed by atoms with Crippen molar-refractivity contribution in [3.63, 3.8) is 0 Å². The molecule has 1 aromatic heterocycles. The van der Waals surface area contributed by atoms with E-state index in [4.69, 9.17) is 0 Å². The van der Waals surface area contributed by atoms with Crippen LogP contribution in [0.1, 0.15) is 49.8 Å². The van der Waals surface area contributed by atoms with Gasteiger partial charge in [-0.2, -0.15) is 0 Å². The van der Waals surface area contributed by atoms with Gasteiger partial charge in [0, 0.05) is 11.3 Å². The second kappa shape index (κ2) is 5.76. The number of thiophene rings is 1. The molecule has 104 valence electrons. The molecule has 2 nitrogen and oxygen atoms in total. The van der Waals surface area contributed by atoms with Gasteiger partial charge in [0.05, 0.1) is 5.54 Å². The minimum absolute atomic E-state index is 0.107. The third-order valence-corrected chi connectivity index (χ3v) is 5.70. The molecular formula is C16H23NOS. The summed E-state index contributed by atoms with van der Waals surface area (Å²) in [6.45, 7) is 2.27. The van der Waals surface area contributed by atoms with Crippen molar-refractivity contribution < 1.29 is 4.79 Å². The molecule has 1 aliphatic heterocycles. The van der Waals surface area contributed by atoms with Crippen molar-refractivity contribution >= 4 is 17.1 Å². The summed E-state index contributed by atoms with van der Waals surface area (Å²) < 4.78 is 0. The summed E-state index contributed by atoms with van der Waals surface area (Å²) in [7, 11) is 0. The van der Waals surface area contributed by atoms with E-state index in [2.05, 4.69) is 22.4 Å². The highest BCUT2D eigenvalue weighted by atomic mass is 32.1. The van der Waals surface area contributed by atoms with E-state index in [-0.39, 0.29) is 5.54 Å². The van der Waals surface area contributed by atoms with Gasteiger partial charge in [-0.05, 0) is 50.2 Å². The van der Waals surface area contributed by atoms with E-state index in [9.17, 15) is 4.79 Å². The summed E-state index contributed by atoms with van der Waals surface area (Å²) in [5.41, 5.74) is -0.107. The molecule has 2 heterocycles. The second-order valence-corrected chi connectivity index (χ2v) is 7.00. The Kier molecular flexibility index (Phi) is 4.04. The van der Waals surface area contributed by atoms with Crippen LogP contribution in [0.3, 0.4) is 0 Å². The molecule has 19 heavy (non-hydrogen) atoms. The lowest BCUT2D eigenvalue weighted by Crippen LogP contribution is -2.55. The topological polar surface area (TPSA) is 20.3 Å². The summed E-state index contributed by atoms with van der Waals surface area (Å²) >= 11 is 1.72. The molecule has 1 saturated heterocycles. The quantitative estimate of drug-likeness (QED) is 0.837. The molecule has 0 amide bonds. The summed E-state index contributed by atoms with van der Waals surface area (Å²) in [6, 6.07) is 4.15. The van der Waals surface area contributed by atoms with Gasteiger partial charge in [-0.1, -0.05) is 25.3 Å². The molecule has 2 fully saturated rings. The Bertz CT molecular complexity index is 414. The monoisotopic (exact) mass is 277 g/mol. The minimum Gasteiger partial charge on any atom is -0.297 e. The SMILES string of the molecule is O=C(Cc1cccs1)C1(N2CCCCC2)CCCC1. The van der Waals surface area contributed by atoms with E-state index in [0.29, 0.717) is 12.2 Å². The fraction of sp³-hybridized carbons (Fsp3) is 0.688. The highest BCUT2D eigenvalue weighted by Gasteiger charge is 2.45. The van der Waals surface area contributed by atoms with E-state index in [0.717, 1.165) is 25.9 Å². The van der Waals surface area contributed by atoms with Gasteiger partial charge < -0.3 is 0 Å². The average molecular weight is 277 g/mol. The predicted octanol–water partition coefficient (Wildman–Crippen LogP) is 3.66. The van der Waals surface area contributed by atoms with Crippen LogP contribution in [0.25, 0.3) is 0 Å². The third kappa shape index (κ3) is 2.63. The molecule has 0 N–H and O–H groups in total. The van der Waals surface area contributed by atoms with E-state index < -0.39 is 0 Å². The zero-order valence-corrected chi connectivity index (χ0v) is 12.4. The Balaban J connectivity index is 1.77. The Morgan fingerprint density at radius 1 is 1.16 bits per heavy atom. The molecule has 0 bridgehead atoms. The van der Waals surface area contributed by atoms with Crippen molar-refractivity contribution in [3.05, 3.63) is 22.4 Å². The van der Waals surface area contributed by atoms with Gasteiger partial charge in [0.2, 0.25) is 0 Å². The van der Waals surface area contributed by atoms with Crippen molar-refractivity contribution in [2.45, 2.75) is 56.9 Å². The van der Waals surface area contributed by atoms with Gasteiger partial charge in [0.15, 0.2) is 5.78 Å². The largest absolute Gasteiger partial charge is 0.297 e. The maximum absolute atomic E-state index is 12.9. The van der Waals surface area contributed by atoms with Crippen molar-refractivity contribution in [3.8, 4) is 0 Å².